The first-order valence-corrected chi connectivity index (χ1v) is 5.58. The molecule has 0 radical (unpaired) electrons. The van der Waals surface area contributed by atoms with Crippen LogP contribution in [0.1, 0.15) is 25.0 Å². The summed E-state index contributed by atoms with van der Waals surface area (Å²) in [6, 6.07) is 2.68. The number of Topliss-reactive ketones (excluding diaryl/α,β-unsaturated/α-hetero) is 2. The highest BCUT2D eigenvalue weighted by Crippen LogP contribution is 2.23. The van der Waals surface area contributed by atoms with Crippen molar-refractivity contribution >= 4 is 23.3 Å². The smallest absolute Gasteiger partial charge is 0.163 e. The van der Waals surface area contributed by atoms with E-state index in [4.69, 9.17) is 0 Å². The topological polar surface area (TPSA) is 46.2 Å². The third kappa shape index (κ3) is 3.03. The summed E-state index contributed by atoms with van der Waals surface area (Å²) < 4.78 is 13.4. The number of carbonyl (C=O) groups is 2. The predicted octanol–water partition coefficient (Wildman–Crippen LogP) is 2.74. The van der Waals surface area contributed by atoms with Crippen molar-refractivity contribution in [2.45, 2.75) is 20.8 Å². The number of allylic oxidation sites excluding steroid dienone is 1. The molecule has 1 aromatic rings. The van der Waals surface area contributed by atoms with Gasteiger partial charge in [0, 0.05) is 12.7 Å². The molecule has 0 saturated heterocycles. The van der Waals surface area contributed by atoms with E-state index in [0.717, 1.165) is 5.56 Å². The second-order valence-electron chi connectivity index (χ2n) is 4.09. The quantitative estimate of drug-likeness (QED) is 0.507. The van der Waals surface area contributed by atoms with Gasteiger partial charge < -0.3 is 5.32 Å². The van der Waals surface area contributed by atoms with Gasteiger partial charge in [0.1, 0.15) is 5.82 Å². The number of hydrogen-bond donors (Lipinski definition) is 1. The van der Waals surface area contributed by atoms with Crippen LogP contribution in [0.3, 0.4) is 0 Å². The van der Waals surface area contributed by atoms with E-state index >= 15 is 0 Å². The zero-order chi connectivity index (χ0) is 13.9. The van der Waals surface area contributed by atoms with Crippen LogP contribution in [0.25, 0.3) is 6.08 Å². The van der Waals surface area contributed by atoms with Crippen LogP contribution in [0.2, 0.25) is 0 Å². The molecule has 0 heterocycles. The number of anilines is 1. The maximum absolute atomic E-state index is 13.4. The number of carbonyl (C=O) groups excluding carboxylic acids is 2. The molecular formula is C14H16FNO2. The molecule has 3 nitrogen and oxygen atoms in total. The Morgan fingerprint density at radius 1 is 1.22 bits per heavy atom. The van der Waals surface area contributed by atoms with Crippen molar-refractivity contribution in [2.75, 3.05) is 12.4 Å². The van der Waals surface area contributed by atoms with Gasteiger partial charge in [-0.1, -0.05) is 0 Å². The van der Waals surface area contributed by atoms with E-state index in [1.807, 2.05) is 0 Å². The molecule has 0 fully saturated rings. The van der Waals surface area contributed by atoms with Gasteiger partial charge in [0.05, 0.1) is 5.57 Å². The Bertz CT molecular complexity index is 517. The van der Waals surface area contributed by atoms with E-state index in [9.17, 15) is 14.0 Å². The van der Waals surface area contributed by atoms with Gasteiger partial charge in [0.25, 0.3) is 0 Å². The summed E-state index contributed by atoms with van der Waals surface area (Å²) in [7, 11) is 1.69. The van der Waals surface area contributed by atoms with Gasteiger partial charge in [0.2, 0.25) is 0 Å². The molecule has 0 bridgehead atoms. The molecule has 0 aliphatic rings. The third-order valence-electron chi connectivity index (χ3n) is 2.74. The second-order valence-corrected chi connectivity index (χ2v) is 4.09. The minimum Gasteiger partial charge on any atom is -0.388 e. The molecule has 96 valence electrons. The van der Waals surface area contributed by atoms with Crippen LogP contribution in [0.5, 0.6) is 0 Å². The lowest BCUT2D eigenvalue weighted by molar-refractivity contribution is -0.119. The normalized spacial score (nSPS) is 9.83. The summed E-state index contributed by atoms with van der Waals surface area (Å²) in [5, 5.41) is 2.87. The average molecular weight is 249 g/mol. The molecule has 1 rings (SSSR count). The highest BCUT2D eigenvalue weighted by Gasteiger charge is 2.12. The van der Waals surface area contributed by atoms with Crippen molar-refractivity contribution in [1.29, 1.82) is 0 Å². The number of rotatable bonds is 4. The van der Waals surface area contributed by atoms with Gasteiger partial charge >= 0.3 is 0 Å². The fourth-order valence-electron chi connectivity index (χ4n) is 1.72. The largest absolute Gasteiger partial charge is 0.388 e. The zero-order valence-electron chi connectivity index (χ0n) is 10.9. The van der Waals surface area contributed by atoms with E-state index in [1.165, 1.54) is 32.1 Å². The summed E-state index contributed by atoms with van der Waals surface area (Å²) >= 11 is 0. The van der Waals surface area contributed by atoms with Gasteiger partial charge in [-0.3, -0.25) is 9.59 Å². The molecular weight excluding hydrogens is 233 g/mol. The fourth-order valence-corrected chi connectivity index (χ4v) is 1.72. The molecule has 1 N–H and O–H groups in total. The van der Waals surface area contributed by atoms with E-state index < -0.39 is 5.82 Å². The molecule has 0 atom stereocenters. The Labute approximate surface area is 106 Å². The summed E-state index contributed by atoms with van der Waals surface area (Å²) in [4.78, 5) is 22.7. The van der Waals surface area contributed by atoms with Crippen LogP contribution in [-0.2, 0) is 9.59 Å². The molecule has 4 heteroatoms. The van der Waals surface area contributed by atoms with E-state index in [-0.39, 0.29) is 17.1 Å². The first-order valence-electron chi connectivity index (χ1n) is 5.58. The lowest BCUT2D eigenvalue weighted by Crippen LogP contribution is -2.06. The van der Waals surface area contributed by atoms with Crippen molar-refractivity contribution in [2.24, 2.45) is 0 Å². The molecule has 1 aromatic carbocycles. The maximum Gasteiger partial charge on any atom is 0.163 e. The van der Waals surface area contributed by atoms with Crippen molar-refractivity contribution in [3.05, 3.63) is 34.6 Å². The van der Waals surface area contributed by atoms with E-state index in [2.05, 4.69) is 5.32 Å². The number of benzene rings is 1. The molecule has 0 aliphatic heterocycles. The highest BCUT2D eigenvalue weighted by atomic mass is 19.1. The van der Waals surface area contributed by atoms with Gasteiger partial charge in [-0.15, -0.1) is 0 Å². The predicted molar refractivity (Wildman–Crippen MR) is 70.0 cm³/mol. The maximum atomic E-state index is 13.4. The second kappa shape index (κ2) is 5.58. The SMILES string of the molecule is CNc1cc(F)cc(C=C(C(C)=O)C(C)=O)c1C. The number of nitrogens with one attached hydrogen (secondary N) is 1. The Morgan fingerprint density at radius 3 is 2.22 bits per heavy atom. The Balaban J connectivity index is 3.41. The van der Waals surface area contributed by atoms with Crippen LogP contribution in [-0.4, -0.2) is 18.6 Å². The standard InChI is InChI=1S/C14H16FNO2/c1-8-11(5-12(15)7-14(8)16-4)6-13(9(2)17)10(3)18/h5-7,16H,1-4H3. The molecule has 0 aliphatic carbocycles. The molecule has 0 aromatic heterocycles. The van der Waals surface area contributed by atoms with Crippen LogP contribution < -0.4 is 5.32 Å². The lowest BCUT2D eigenvalue weighted by Gasteiger charge is -2.09. The van der Waals surface area contributed by atoms with Crippen LogP contribution in [0, 0.1) is 12.7 Å². The first-order chi connectivity index (χ1) is 8.36. The molecule has 0 unspecified atom stereocenters. The Kier molecular flexibility index (Phi) is 4.37. The number of hydrogen-bond acceptors (Lipinski definition) is 3. The van der Waals surface area contributed by atoms with Crippen LogP contribution in [0.4, 0.5) is 10.1 Å². The van der Waals surface area contributed by atoms with Crippen molar-refractivity contribution < 1.29 is 14.0 Å². The minimum atomic E-state index is -0.414. The van der Waals surface area contributed by atoms with Gasteiger partial charge in [0.15, 0.2) is 11.6 Å². The molecule has 18 heavy (non-hydrogen) atoms. The Hall–Kier alpha value is -1.97. The fraction of sp³-hybridized carbons (Fsp3) is 0.286. The highest BCUT2D eigenvalue weighted by molar-refractivity contribution is 6.21. The van der Waals surface area contributed by atoms with Crippen molar-refractivity contribution in [3.63, 3.8) is 0 Å². The lowest BCUT2D eigenvalue weighted by atomic mass is 10.00. The van der Waals surface area contributed by atoms with Gasteiger partial charge in [-0.2, -0.15) is 0 Å². The number of ketones is 2. The molecule has 0 saturated carbocycles. The summed E-state index contributed by atoms with van der Waals surface area (Å²) in [5.41, 5.74) is 2.03. The van der Waals surface area contributed by atoms with Crippen molar-refractivity contribution in [3.8, 4) is 0 Å². The summed E-state index contributed by atoms with van der Waals surface area (Å²) in [6.07, 6.45) is 1.43. The molecule has 0 spiro atoms. The number of halogens is 1. The van der Waals surface area contributed by atoms with Gasteiger partial charge in [-0.05, 0) is 50.1 Å². The monoisotopic (exact) mass is 249 g/mol. The van der Waals surface area contributed by atoms with E-state index in [0.29, 0.717) is 11.3 Å². The first kappa shape index (κ1) is 14.1. The average Bonchev–Trinajstić information content (AvgIpc) is 2.28. The van der Waals surface area contributed by atoms with Crippen LogP contribution >= 0.6 is 0 Å². The van der Waals surface area contributed by atoms with Crippen LogP contribution in [0.15, 0.2) is 17.7 Å². The zero-order valence-corrected chi connectivity index (χ0v) is 10.9. The molecule has 0 amide bonds. The Morgan fingerprint density at radius 2 is 1.78 bits per heavy atom. The third-order valence-corrected chi connectivity index (χ3v) is 2.74. The summed E-state index contributed by atoms with van der Waals surface area (Å²) in [5.74, 6) is -1.06. The minimum absolute atomic E-state index is 0.0748. The van der Waals surface area contributed by atoms with Gasteiger partial charge in [-0.25, -0.2) is 4.39 Å². The summed E-state index contributed by atoms with van der Waals surface area (Å²) in [6.45, 7) is 4.44. The van der Waals surface area contributed by atoms with Crippen molar-refractivity contribution in [1.82, 2.24) is 0 Å². The van der Waals surface area contributed by atoms with E-state index in [1.54, 1.807) is 14.0 Å².